The average Bonchev–Trinajstić information content (AvgIpc) is 3.07. The maximum atomic E-state index is 4.57. The molecule has 2 aliphatic carbocycles. The Hall–Kier alpha value is -0.890. The fraction of sp³-hybridized carbons (Fsp3) is 0.706. The third-order valence-corrected chi connectivity index (χ3v) is 5.11. The van der Waals surface area contributed by atoms with Crippen molar-refractivity contribution in [2.45, 2.75) is 51.5 Å². The molecule has 0 amide bonds. The summed E-state index contributed by atoms with van der Waals surface area (Å²) in [4.78, 5) is 4.57. The Bertz CT molecular complexity index is 393. The van der Waals surface area contributed by atoms with Gasteiger partial charge in [-0.25, -0.2) is 0 Å². The lowest BCUT2D eigenvalue weighted by molar-refractivity contribution is 0.297. The first-order chi connectivity index (χ1) is 9.29. The van der Waals surface area contributed by atoms with Gasteiger partial charge < -0.3 is 5.32 Å². The number of pyridine rings is 1. The second kappa shape index (κ2) is 5.62. The van der Waals surface area contributed by atoms with Crippen LogP contribution >= 0.6 is 0 Å². The minimum atomic E-state index is 0.523. The van der Waals surface area contributed by atoms with Crippen LogP contribution in [-0.2, 0) is 0 Å². The highest BCUT2D eigenvalue weighted by molar-refractivity contribution is 5.13. The predicted molar refractivity (Wildman–Crippen MR) is 79.1 cm³/mol. The molecule has 104 valence electrons. The van der Waals surface area contributed by atoms with Crippen molar-refractivity contribution in [2.24, 2.45) is 17.8 Å². The molecule has 3 rings (SSSR count). The van der Waals surface area contributed by atoms with E-state index in [1.165, 1.54) is 31.4 Å². The molecule has 2 aliphatic rings. The van der Waals surface area contributed by atoms with E-state index in [1.54, 1.807) is 0 Å². The van der Waals surface area contributed by atoms with Crippen molar-refractivity contribution in [1.29, 1.82) is 0 Å². The Morgan fingerprint density at radius 3 is 2.68 bits per heavy atom. The van der Waals surface area contributed by atoms with Crippen LogP contribution in [0.5, 0.6) is 0 Å². The Morgan fingerprint density at radius 1 is 1.26 bits per heavy atom. The van der Waals surface area contributed by atoms with E-state index in [4.69, 9.17) is 0 Å². The monoisotopic (exact) mass is 258 g/mol. The minimum absolute atomic E-state index is 0.523. The van der Waals surface area contributed by atoms with Gasteiger partial charge in [0.2, 0.25) is 0 Å². The van der Waals surface area contributed by atoms with Gasteiger partial charge in [-0.05, 0) is 62.1 Å². The summed E-state index contributed by atoms with van der Waals surface area (Å²) in [5.74, 6) is 3.52. The number of hydrogen-bond acceptors (Lipinski definition) is 2. The maximum Gasteiger partial charge on any atom is 0.0447 e. The van der Waals surface area contributed by atoms with Gasteiger partial charge in [0.1, 0.15) is 0 Å². The zero-order chi connectivity index (χ0) is 13.2. The Balaban J connectivity index is 1.70. The van der Waals surface area contributed by atoms with Gasteiger partial charge in [-0.2, -0.15) is 0 Å². The molecule has 0 radical (unpaired) electrons. The SMILES string of the molecule is CCCNC(C1CC2CC2C1)C(C)c1ccccn1. The van der Waals surface area contributed by atoms with E-state index in [0.717, 1.165) is 24.3 Å². The molecule has 0 bridgehead atoms. The molecule has 0 saturated heterocycles. The summed E-state index contributed by atoms with van der Waals surface area (Å²) in [7, 11) is 0. The second-order valence-corrected chi connectivity index (χ2v) is 6.51. The quantitative estimate of drug-likeness (QED) is 0.843. The molecule has 0 aliphatic heterocycles. The van der Waals surface area contributed by atoms with Crippen LogP contribution in [0.1, 0.15) is 51.1 Å². The van der Waals surface area contributed by atoms with Gasteiger partial charge in [0, 0.05) is 23.9 Å². The van der Waals surface area contributed by atoms with Crippen LogP contribution in [0.15, 0.2) is 24.4 Å². The average molecular weight is 258 g/mol. The van der Waals surface area contributed by atoms with Crippen molar-refractivity contribution < 1.29 is 0 Å². The second-order valence-electron chi connectivity index (χ2n) is 6.51. The molecule has 4 atom stereocenters. The molecule has 1 heterocycles. The fourth-order valence-corrected chi connectivity index (χ4v) is 3.95. The molecule has 2 saturated carbocycles. The van der Waals surface area contributed by atoms with E-state index in [2.05, 4.69) is 36.3 Å². The summed E-state index contributed by atoms with van der Waals surface area (Å²) >= 11 is 0. The van der Waals surface area contributed by atoms with Gasteiger partial charge in [0.25, 0.3) is 0 Å². The zero-order valence-electron chi connectivity index (χ0n) is 12.2. The molecule has 0 spiro atoms. The van der Waals surface area contributed by atoms with Crippen molar-refractivity contribution in [3.8, 4) is 0 Å². The predicted octanol–water partition coefficient (Wildman–Crippen LogP) is 3.60. The summed E-state index contributed by atoms with van der Waals surface area (Å²) < 4.78 is 0. The molecule has 1 aromatic rings. The lowest BCUT2D eigenvalue weighted by Gasteiger charge is -2.31. The molecule has 2 nitrogen and oxygen atoms in total. The molecular formula is C17H26N2. The molecule has 0 aromatic carbocycles. The van der Waals surface area contributed by atoms with Crippen molar-refractivity contribution >= 4 is 0 Å². The first kappa shape index (κ1) is 13.1. The van der Waals surface area contributed by atoms with Crippen LogP contribution in [0.4, 0.5) is 0 Å². The molecule has 2 fully saturated rings. The highest BCUT2D eigenvalue weighted by Gasteiger charge is 2.48. The number of hydrogen-bond donors (Lipinski definition) is 1. The number of nitrogens with zero attached hydrogens (tertiary/aromatic N) is 1. The Labute approximate surface area is 117 Å². The van der Waals surface area contributed by atoms with Gasteiger partial charge in [-0.3, -0.25) is 4.98 Å². The third-order valence-electron chi connectivity index (χ3n) is 5.11. The van der Waals surface area contributed by atoms with Gasteiger partial charge >= 0.3 is 0 Å². The van der Waals surface area contributed by atoms with Crippen LogP contribution in [-0.4, -0.2) is 17.6 Å². The van der Waals surface area contributed by atoms with E-state index in [1.807, 2.05) is 12.3 Å². The first-order valence-electron chi connectivity index (χ1n) is 7.94. The topological polar surface area (TPSA) is 24.9 Å². The van der Waals surface area contributed by atoms with Gasteiger partial charge in [0.05, 0.1) is 0 Å². The molecule has 19 heavy (non-hydrogen) atoms. The van der Waals surface area contributed by atoms with E-state index in [-0.39, 0.29) is 0 Å². The van der Waals surface area contributed by atoms with Gasteiger partial charge in [0.15, 0.2) is 0 Å². The van der Waals surface area contributed by atoms with Gasteiger partial charge in [-0.15, -0.1) is 0 Å². The van der Waals surface area contributed by atoms with Gasteiger partial charge in [-0.1, -0.05) is 19.9 Å². The largest absolute Gasteiger partial charge is 0.313 e. The van der Waals surface area contributed by atoms with E-state index in [9.17, 15) is 0 Å². The van der Waals surface area contributed by atoms with E-state index in [0.29, 0.717) is 12.0 Å². The van der Waals surface area contributed by atoms with Crippen LogP contribution in [0.3, 0.4) is 0 Å². The summed E-state index contributed by atoms with van der Waals surface area (Å²) in [6.45, 7) is 5.73. The maximum absolute atomic E-state index is 4.57. The summed E-state index contributed by atoms with van der Waals surface area (Å²) in [5.41, 5.74) is 1.25. The van der Waals surface area contributed by atoms with Crippen molar-refractivity contribution in [3.05, 3.63) is 30.1 Å². The van der Waals surface area contributed by atoms with Crippen molar-refractivity contribution in [1.82, 2.24) is 10.3 Å². The number of aromatic nitrogens is 1. The fourth-order valence-electron chi connectivity index (χ4n) is 3.95. The zero-order valence-corrected chi connectivity index (χ0v) is 12.2. The van der Waals surface area contributed by atoms with Crippen LogP contribution in [0.2, 0.25) is 0 Å². The van der Waals surface area contributed by atoms with Crippen molar-refractivity contribution in [2.75, 3.05) is 6.54 Å². The van der Waals surface area contributed by atoms with Crippen LogP contribution < -0.4 is 5.32 Å². The van der Waals surface area contributed by atoms with Crippen LogP contribution in [0, 0.1) is 17.8 Å². The number of fused-ring (bicyclic) bond motifs is 1. The molecule has 4 unspecified atom stereocenters. The number of rotatable bonds is 6. The highest BCUT2D eigenvalue weighted by Crippen LogP contribution is 2.56. The highest BCUT2D eigenvalue weighted by atomic mass is 14.9. The number of nitrogens with one attached hydrogen (secondary N) is 1. The molecule has 2 heteroatoms. The van der Waals surface area contributed by atoms with E-state index >= 15 is 0 Å². The summed E-state index contributed by atoms with van der Waals surface area (Å²) in [6, 6.07) is 6.92. The van der Waals surface area contributed by atoms with Crippen molar-refractivity contribution in [3.63, 3.8) is 0 Å². The third kappa shape index (κ3) is 2.84. The van der Waals surface area contributed by atoms with Crippen LogP contribution in [0.25, 0.3) is 0 Å². The Kier molecular flexibility index (Phi) is 3.88. The minimum Gasteiger partial charge on any atom is -0.313 e. The smallest absolute Gasteiger partial charge is 0.0447 e. The first-order valence-corrected chi connectivity index (χ1v) is 7.94. The molecule has 1 N–H and O–H groups in total. The summed E-state index contributed by atoms with van der Waals surface area (Å²) in [5, 5.41) is 3.81. The summed E-state index contributed by atoms with van der Waals surface area (Å²) in [6.07, 6.45) is 7.54. The molecular weight excluding hydrogens is 232 g/mol. The Morgan fingerprint density at radius 2 is 2.05 bits per heavy atom. The van der Waals surface area contributed by atoms with E-state index < -0.39 is 0 Å². The standard InChI is InChI=1S/C17H26N2/c1-3-7-19-17(15-10-13-9-14(13)11-15)12(2)16-6-4-5-8-18-16/h4-6,8,12-15,17,19H,3,7,9-11H2,1-2H3. The lowest BCUT2D eigenvalue weighted by Crippen LogP contribution is -2.40. The molecule has 1 aromatic heterocycles. The normalized spacial score (nSPS) is 31.8. The lowest BCUT2D eigenvalue weighted by atomic mass is 9.84.